The van der Waals surface area contributed by atoms with Crippen LogP contribution in [-0.2, 0) is 17.6 Å². The molecule has 0 saturated carbocycles. The molecule has 0 bridgehead atoms. The van der Waals surface area contributed by atoms with Crippen LogP contribution in [0.15, 0.2) is 36.4 Å². The van der Waals surface area contributed by atoms with Crippen molar-refractivity contribution in [1.29, 1.82) is 0 Å². The standard InChI is InChI=1S/C22H24N2O2/c1-13-5-7-21(15(3)8-13)26-12-22(25)23-16-10-18-17-9-14(2)4-6-19(17)24-20(18)11-16/h4-9,16,24H,10-12H2,1-3H3,(H,23,25). The number of fused-ring (bicyclic) bond motifs is 3. The van der Waals surface area contributed by atoms with Gasteiger partial charge in [-0.05, 0) is 56.5 Å². The van der Waals surface area contributed by atoms with Crippen LogP contribution in [0, 0.1) is 20.8 Å². The maximum absolute atomic E-state index is 12.3. The third kappa shape index (κ3) is 3.19. The Morgan fingerprint density at radius 3 is 2.69 bits per heavy atom. The largest absolute Gasteiger partial charge is 0.484 e. The van der Waals surface area contributed by atoms with Gasteiger partial charge in [0.2, 0.25) is 0 Å². The molecule has 1 heterocycles. The third-order valence-electron chi connectivity index (χ3n) is 5.11. The number of ether oxygens (including phenoxy) is 1. The third-order valence-corrected chi connectivity index (χ3v) is 5.11. The average Bonchev–Trinajstić information content (AvgIpc) is 3.11. The van der Waals surface area contributed by atoms with E-state index < -0.39 is 0 Å². The zero-order chi connectivity index (χ0) is 18.3. The van der Waals surface area contributed by atoms with E-state index in [2.05, 4.69) is 41.5 Å². The summed E-state index contributed by atoms with van der Waals surface area (Å²) in [6, 6.07) is 12.6. The van der Waals surface area contributed by atoms with Gasteiger partial charge >= 0.3 is 0 Å². The minimum absolute atomic E-state index is 0.0498. The molecular formula is C22H24N2O2. The van der Waals surface area contributed by atoms with Crippen LogP contribution in [-0.4, -0.2) is 23.5 Å². The summed E-state index contributed by atoms with van der Waals surface area (Å²) in [6.07, 6.45) is 1.71. The van der Waals surface area contributed by atoms with Crippen molar-refractivity contribution in [3.63, 3.8) is 0 Å². The van der Waals surface area contributed by atoms with Gasteiger partial charge in [0.05, 0.1) is 0 Å². The highest BCUT2D eigenvalue weighted by molar-refractivity contribution is 5.86. The average molecular weight is 348 g/mol. The highest BCUT2D eigenvalue weighted by Crippen LogP contribution is 2.30. The lowest BCUT2D eigenvalue weighted by Gasteiger charge is -2.14. The Labute approximate surface area is 153 Å². The molecule has 3 aromatic rings. The Morgan fingerprint density at radius 2 is 1.88 bits per heavy atom. The smallest absolute Gasteiger partial charge is 0.258 e. The summed E-state index contributed by atoms with van der Waals surface area (Å²) in [5.41, 5.74) is 7.26. The summed E-state index contributed by atoms with van der Waals surface area (Å²) in [4.78, 5) is 15.8. The van der Waals surface area contributed by atoms with Crippen LogP contribution in [0.1, 0.15) is 27.9 Å². The molecule has 0 fully saturated rings. The van der Waals surface area contributed by atoms with Crippen molar-refractivity contribution >= 4 is 16.8 Å². The van der Waals surface area contributed by atoms with Gasteiger partial charge in [0.15, 0.2) is 6.61 Å². The lowest BCUT2D eigenvalue weighted by atomic mass is 10.1. The molecule has 1 aromatic heterocycles. The van der Waals surface area contributed by atoms with Crippen LogP contribution in [0.25, 0.3) is 10.9 Å². The molecule has 1 aliphatic rings. The van der Waals surface area contributed by atoms with Gasteiger partial charge in [-0.1, -0.05) is 29.3 Å². The van der Waals surface area contributed by atoms with Gasteiger partial charge in [0.25, 0.3) is 5.91 Å². The molecule has 134 valence electrons. The first kappa shape index (κ1) is 16.7. The van der Waals surface area contributed by atoms with Crippen LogP contribution in [0.3, 0.4) is 0 Å². The molecule has 0 radical (unpaired) electrons. The lowest BCUT2D eigenvalue weighted by Crippen LogP contribution is -2.38. The van der Waals surface area contributed by atoms with Crippen molar-refractivity contribution in [2.45, 2.75) is 39.7 Å². The Bertz CT molecular complexity index is 987. The first-order chi connectivity index (χ1) is 12.5. The predicted molar refractivity (Wildman–Crippen MR) is 104 cm³/mol. The highest BCUT2D eigenvalue weighted by Gasteiger charge is 2.26. The van der Waals surface area contributed by atoms with Gasteiger partial charge in [0, 0.05) is 29.1 Å². The first-order valence-electron chi connectivity index (χ1n) is 9.09. The topological polar surface area (TPSA) is 54.1 Å². The summed E-state index contributed by atoms with van der Waals surface area (Å²) in [5.74, 6) is 0.699. The van der Waals surface area contributed by atoms with Gasteiger partial charge in [-0.2, -0.15) is 0 Å². The second-order valence-corrected chi connectivity index (χ2v) is 7.36. The highest BCUT2D eigenvalue weighted by atomic mass is 16.5. The molecule has 0 aliphatic heterocycles. The molecule has 4 heteroatoms. The zero-order valence-corrected chi connectivity index (χ0v) is 15.5. The predicted octanol–water partition coefficient (Wildman–Crippen LogP) is 3.76. The van der Waals surface area contributed by atoms with E-state index in [4.69, 9.17) is 4.74 Å². The lowest BCUT2D eigenvalue weighted by molar-refractivity contribution is -0.123. The summed E-state index contributed by atoms with van der Waals surface area (Å²) in [6.45, 7) is 6.20. The molecule has 1 aliphatic carbocycles. The Hall–Kier alpha value is -2.75. The molecule has 2 N–H and O–H groups in total. The number of carbonyl (C=O) groups excluding carboxylic acids is 1. The summed E-state index contributed by atoms with van der Waals surface area (Å²) in [7, 11) is 0. The Kier molecular flexibility index (Phi) is 4.19. The van der Waals surface area contributed by atoms with E-state index >= 15 is 0 Å². The van der Waals surface area contributed by atoms with Gasteiger partial charge in [-0.25, -0.2) is 0 Å². The summed E-state index contributed by atoms with van der Waals surface area (Å²) in [5, 5.41) is 4.39. The van der Waals surface area contributed by atoms with Crippen molar-refractivity contribution in [3.05, 3.63) is 64.3 Å². The van der Waals surface area contributed by atoms with Crippen molar-refractivity contribution in [2.75, 3.05) is 6.61 Å². The van der Waals surface area contributed by atoms with Crippen molar-refractivity contribution < 1.29 is 9.53 Å². The molecule has 0 spiro atoms. The van der Waals surface area contributed by atoms with Crippen LogP contribution in [0.2, 0.25) is 0 Å². The van der Waals surface area contributed by atoms with Gasteiger partial charge in [-0.15, -0.1) is 0 Å². The quantitative estimate of drug-likeness (QED) is 0.754. The fourth-order valence-electron chi connectivity index (χ4n) is 3.87. The van der Waals surface area contributed by atoms with E-state index in [1.807, 2.05) is 26.0 Å². The SMILES string of the molecule is Cc1ccc(OCC(=O)NC2Cc3[nH]c4ccc(C)cc4c3C2)c(C)c1. The molecule has 26 heavy (non-hydrogen) atoms. The maximum atomic E-state index is 12.3. The molecule has 1 amide bonds. The molecule has 2 aromatic carbocycles. The van der Waals surface area contributed by atoms with E-state index in [9.17, 15) is 4.79 Å². The summed E-state index contributed by atoms with van der Waals surface area (Å²) >= 11 is 0. The van der Waals surface area contributed by atoms with Crippen molar-refractivity contribution in [3.8, 4) is 5.75 Å². The number of hydrogen-bond donors (Lipinski definition) is 2. The Morgan fingerprint density at radius 1 is 1.12 bits per heavy atom. The zero-order valence-electron chi connectivity index (χ0n) is 15.5. The number of benzene rings is 2. The number of amides is 1. The fraction of sp³-hybridized carbons (Fsp3) is 0.318. The van der Waals surface area contributed by atoms with Gasteiger partial charge in [-0.3, -0.25) is 4.79 Å². The van der Waals surface area contributed by atoms with E-state index in [-0.39, 0.29) is 18.6 Å². The second-order valence-electron chi connectivity index (χ2n) is 7.36. The number of aromatic nitrogens is 1. The van der Waals surface area contributed by atoms with Gasteiger partial charge in [0.1, 0.15) is 5.75 Å². The van der Waals surface area contributed by atoms with Crippen LogP contribution in [0.4, 0.5) is 0 Å². The number of H-pyrrole nitrogens is 1. The number of aromatic amines is 1. The number of carbonyl (C=O) groups is 1. The molecule has 1 atom stereocenters. The molecule has 0 saturated heterocycles. The summed E-state index contributed by atoms with van der Waals surface area (Å²) < 4.78 is 5.69. The van der Waals surface area contributed by atoms with Crippen molar-refractivity contribution in [2.24, 2.45) is 0 Å². The van der Waals surface area contributed by atoms with E-state index in [0.717, 1.165) is 24.2 Å². The van der Waals surface area contributed by atoms with E-state index in [1.165, 1.54) is 33.3 Å². The number of nitrogens with one attached hydrogen (secondary N) is 2. The number of rotatable bonds is 4. The molecule has 1 unspecified atom stereocenters. The maximum Gasteiger partial charge on any atom is 0.258 e. The normalized spacial score (nSPS) is 15.9. The Balaban J connectivity index is 1.37. The van der Waals surface area contributed by atoms with Crippen LogP contribution >= 0.6 is 0 Å². The fourth-order valence-corrected chi connectivity index (χ4v) is 3.87. The van der Waals surface area contributed by atoms with Crippen LogP contribution in [0.5, 0.6) is 5.75 Å². The molecule has 4 rings (SSSR count). The van der Waals surface area contributed by atoms with Crippen molar-refractivity contribution in [1.82, 2.24) is 10.3 Å². The minimum Gasteiger partial charge on any atom is -0.484 e. The minimum atomic E-state index is -0.0689. The van der Waals surface area contributed by atoms with E-state index in [0.29, 0.717) is 0 Å². The monoisotopic (exact) mass is 348 g/mol. The molecule has 4 nitrogen and oxygen atoms in total. The molecular weight excluding hydrogens is 324 g/mol. The first-order valence-corrected chi connectivity index (χ1v) is 9.09. The van der Waals surface area contributed by atoms with E-state index in [1.54, 1.807) is 0 Å². The number of hydrogen-bond acceptors (Lipinski definition) is 2. The number of aryl methyl sites for hydroxylation is 3. The van der Waals surface area contributed by atoms with Crippen LogP contribution < -0.4 is 10.1 Å². The van der Waals surface area contributed by atoms with Gasteiger partial charge < -0.3 is 15.0 Å². The second kappa shape index (κ2) is 6.52.